The molecule has 0 amide bonds. The second kappa shape index (κ2) is 9.85. The van der Waals surface area contributed by atoms with E-state index < -0.39 is 0 Å². The van der Waals surface area contributed by atoms with Gasteiger partial charge in [-0.25, -0.2) is 4.39 Å². The maximum absolute atomic E-state index is 13.3. The Morgan fingerprint density at radius 2 is 1.82 bits per heavy atom. The van der Waals surface area contributed by atoms with Crippen LogP contribution in [-0.2, 0) is 12.8 Å². The van der Waals surface area contributed by atoms with Crippen LogP contribution in [0.1, 0.15) is 55.7 Å². The molecule has 3 rings (SSSR count). The lowest BCUT2D eigenvalue weighted by atomic mass is 9.79. The SMILES string of the molecule is CCCc1ccc(N)cc1C(C)C1CCN(CCc2ccc(F)cc2P)CC1. The van der Waals surface area contributed by atoms with Gasteiger partial charge in [0.05, 0.1) is 0 Å². The smallest absolute Gasteiger partial charge is 0.123 e. The summed E-state index contributed by atoms with van der Waals surface area (Å²) >= 11 is 0. The summed E-state index contributed by atoms with van der Waals surface area (Å²) in [6.45, 7) is 7.97. The van der Waals surface area contributed by atoms with Crippen molar-refractivity contribution < 1.29 is 4.39 Å². The Labute approximate surface area is 171 Å². The molecule has 1 aliphatic rings. The molecule has 0 bridgehead atoms. The Morgan fingerprint density at radius 3 is 2.50 bits per heavy atom. The molecule has 0 aliphatic carbocycles. The third kappa shape index (κ3) is 5.33. The molecule has 0 saturated carbocycles. The number of nitrogen functional groups attached to an aromatic ring is 1. The Bertz CT molecular complexity index is 784. The van der Waals surface area contributed by atoms with Crippen LogP contribution >= 0.6 is 9.24 Å². The Kier molecular flexibility index (Phi) is 7.48. The van der Waals surface area contributed by atoms with Gasteiger partial charge in [0.25, 0.3) is 0 Å². The van der Waals surface area contributed by atoms with E-state index in [4.69, 9.17) is 5.73 Å². The average molecular weight is 401 g/mol. The fourth-order valence-corrected chi connectivity index (χ4v) is 4.94. The van der Waals surface area contributed by atoms with E-state index in [1.807, 2.05) is 12.1 Å². The first-order valence-corrected chi connectivity index (χ1v) is 11.2. The van der Waals surface area contributed by atoms with Gasteiger partial charge in [-0.1, -0.05) is 32.4 Å². The molecule has 1 fully saturated rings. The van der Waals surface area contributed by atoms with Crippen molar-refractivity contribution in [2.24, 2.45) is 5.92 Å². The molecule has 2 atom stereocenters. The summed E-state index contributed by atoms with van der Waals surface area (Å²) in [5.41, 5.74) is 11.1. The van der Waals surface area contributed by atoms with E-state index in [2.05, 4.69) is 40.1 Å². The topological polar surface area (TPSA) is 29.3 Å². The number of anilines is 1. The van der Waals surface area contributed by atoms with Gasteiger partial charge in [-0.2, -0.15) is 0 Å². The number of hydrogen-bond acceptors (Lipinski definition) is 2. The van der Waals surface area contributed by atoms with E-state index in [9.17, 15) is 4.39 Å². The molecule has 2 nitrogen and oxygen atoms in total. The predicted molar refractivity (Wildman–Crippen MR) is 122 cm³/mol. The van der Waals surface area contributed by atoms with E-state index in [-0.39, 0.29) is 5.82 Å². The second-order valence-corrected chi connectivity index (χ2v) is 8.89. The van der Waals surface area contributed by atoms with Crippen molar-refractivity contribution in [3.8, 4) is 0 Å². The van der Waals surface area contributed by atoms with Gasteiger partial charge in [0.15, 0.2) is 0 Å². The summed E-state index contributed by atoms with van der Waals surface area (Å²) in [4.78, 5) is 2.56. The third-order valence-electron chi connectivity index (χ3n) is 6.32. The van der Waals surface area contributed by atoms with Crippen molar-refractivity contribution in [1.82, 2.24) is 4.90 Å². The largest absolute Gasteiger partial charge is 0.399 e. The summed E-state index contributed by atoms with van der Waals surface area (Å²) in [6.07, 6.45) is 5.75. The summed E-state index contributed by atoms with van der Waals surface area (Å²) in [6, 6.07) is 11.6. The number of halogens is 1. The number of benzene rings is 2. The zero-order valence-electron chi connectivity index (χ0n) is 17.3. The molecule has 1 heterocycles. The summed E-state index contributed by atoms with van der Waals surface area (Å²) < 4.78 is 13.3. The molecule has 0 spiro atoms. The van der Waals surface area contributed by atoms with Crippen LogP contribution in [-0.4, -0.2) is 24.5 Å². The van der Waals surface area contributed by atoms with Gasteiger partial charge in [0, 0.05) is 12.2 Å². The third-order valence-corrected chi connectivity index (χ3v) is 6.86. The Hall–Kier alpha value is -1.44. The highest BCUT2D eigenvalue weighted by Crippen LogP contribution is 2.35. The van der Waals surface area contributed by atoms with Crippen LogP contribution in [0.15, 0.2) is 36.4 Å². The van der Waals surface area contributed by atoms with Crippen LogP contribution in [0.3, 0.4) is 0 Å². The van der Waals surface area contributed by atoms with Crippen LogP contribution in [0, 0.1) is 11.7 Å². The van der Waals surface area contributed by atoms with E-state index >= 15 is 0 Å². The van der Waals surface area contributed by atoms with Crippen molar-refractivity contribution in [2.75, 3.05) is 25.4 Å². The molecule has 28 heavy (non-hydrogen) atoms. The first kappa shape index (κ1) is 21.3. The van der Waals surface area contributed by atoms with Crippen molar-refractivity contribution in [3.05, 3.63) is 58.9 Å². The lowest BCUT2D eigenvalue weighted by Gasteiger charge is -2.36. The van der Waals surface area contributed by atoms with Crippen molar-refractivity contribution in [1.29, 1.82) is 0 Å². The van der Waals surface area contributed by atoms with Crippen LogP contribution in [0.25, 0.3) is 0 Å². The maximum atomic E-state index is 13.3. The number of likely N-dealkylation sites (tertiary alicyclic amines) is 1. The molecule has 1 saturated heterocycles. The standard InChI is InChI=1S/C24H34FN2P/c1-3-4-19-6-8-22(26)16-23(19)17(2)18-9-12-27(13-10-18)14-11-20-5-7-21(25)15-24(20)28/h5-8,15-18H,3-4,9-14,26,28H2,1-2H3. The van der Waals surface area contributed by atoms with Crippen molar-refractivity contribution in [3.63, 3.8) is 0 Å². The van der Waals surface area contributed by atoms with Crippen molar-refractivity contribution in [2.45, 2.75) is 51.9 Å². The fourth-order valence-electron chi connectivity index (χ4n) is 4.54. The number of rotatable bonds is 7. The van der Waals surface area contributed by atoms with Gasteiger partial charge in [0.2, 0.25) is 0 Å². The molecular formula is C24H34FN2P. The minimum Gasteiger partial charge on any atom is -0.399 e. The van der Waals surface area contributed by atoms with Crippen LogP contribution < -0.4 is 11.0 Å². The summed E-state index contributed by atoms with van der Waals surface area (Å²) in [5, 5.41) is 0.980. The number of nitrogens with zero attached hydrogens (tertiary/aromatic N) is 1. The highest BCUT2D eigenvalue weighted by Gasteiger charge is 2.26. The first-order chi connectivity index (χ1) is 13.5. The van der Waals surface area contributed by atoms with Crippen LogP contribution in [0.2, 0.25) is 0 Å². The van der Waals surface area contributed by atoms with E-state index in [0.29, 0.717) is 5.92 Å². The summed E-state index contributed by atoms with van der Waals surface area (Å²) in [5.74, 6) is 1.12. The molecule has 2 aromatic carbocycles. The molecule has 0 radical (unpaired) electrons. The lowest BCUT2D eigenvalue weighted by molar-refractivity contribution is 0.173. The fraction of sp³-hybridized carbons (Fsp3) is 0.500. The normalized spacial score (nSPS) is 17.0. The van der Waals surface area contributed by atoms with E-state index in [1.165, 1.54) is 36.0 Å². The van der Waals surface area contributed by atoms with E-state index in [0.717, 1.165) is 49.4 Å². The Morgan fingerprint density at radius 1 is 1.11 bits per heavy atom. The molecular weight excluding hydrogens is 366 g/mol. The van der Waals surface area contributed by atoms with Crippen molar-refractivity contribution >= 4 is 20.2 Å². The van der Waals surface area contributed by atoms with Gasteiger partial charge in [-0.05, 0) is 96.9 Å². The van der Waals surface area contributed by atoms with Gasteiger partial charge in [0.1, 0.15) is 5.82 Å². The molecule has 2 unspecified atom stereocenters. The zero-order chi connectivity index (χ0) is 20.1. The second-order valence-electron chi connectivity index (χ2n) is 8.27. The molecule has 1 aliphatic heterocycles. The quantitative estimate of drug-likeness (QED) is 0.528. The monoisotopic (exact) mass is 400 g/mol. The minimum absolute atomic E-state index is 0.160. The van der Waals surface area contributed by atoms with Gasteiger partial charge >= 0.3 is 0 Å². The number of nitrogens with two attached hydrogens (primary N) is 1. The van der Waals surface area contributed by atoms with Gasteiger partial charge in [-0.3, -0.25) is 0 Å². The maximum Gasteiger partial charge on any atom is 0.123 e. The van der Waals surface area contributed by atoms with Crippen LogP contribution in [0.5, 0.6) is 0 Å². The molecule has 4 heteroatoms. The first-order valence-electron chi connectivity index (χ1n) is 10.6. The van der Waals surface area contributed by atoms with Crippen LogP contribution in [0.4, 0.5) is 10.1 Å². The molecule has 2 N–H and O–H groups in total. The zero-order valence-corrected chi connectivity index (χ0v) is 18.4. The van der Waals surface area contributed by atoms with Gasteiger partial charge < -0.3 is 10.6 Å². The Balaban J connectivity index is 1.55. The molecule has 0 aromatic heterocycles. The number of piperidine rings is 1. The van der Waals surface area contributed by atoms with Gasteiger partial charge in [-0.15, -0.1) is 9.24 Å². The lowest BCUT2D eigenvalue weighted by Crippen LogP contribution is -2.36. The minimum atomic E-state index is -0.160. The number of aryl methyl sites for hydroxylation is 1. The average Bonchev–Trinajstić information content (AvgIpc) is 2.69. The predicted octanol–water partition coefficient (Wildman–Crippen LogP) is 4.92. The summed E-state index contributed by atoms with van der Waals surface area (Å²) in [7, 11) is 2.66. The van der Waals surface area contributed by atoms with E-state index in [1.54, 1.807) is 12.1 Å². The number of hydrogen-bond donors (Lipinski definition) is 1. The highest BCUT2D eigenvalue weighted by atomic mass is 31.0. The molecule has 2 aromatic rings. The highest BCUT2D eigenvalue weighted by molar-refractivity contribution is 7.27. The molecule has 152 valence electrons.